The number of benzene rings is 3. The maximum atomic E-state index is 12.7. The van der Waals surface area contributed by atoms with Crippen molar-refractivity contribution >= 4 is 11.6 Å². The molecule has 0 radical (unpaired) electrons. The first-order valence-corrected chi connectivity index (χ1v) is 7.55. The molecule has 0 saturated carbocycles. The fourth-order valence-electron chi connectivity index (χ4n) is 2.51. The van der Waals surface area contributed by atoms with Crippen LogP contribution in [0.5, 0.6) is 0 Å². The highest BCUT2D eigenvalue weighted by Crippen LogP contribution is 2.24. The number of hydrogen-bond acceptors (Lipinski definition) is 2. The average Bonchev–Trinajstić information content (AvgIpc) is 2.63. The lowest BCUT2D eigenvalue weighted by Gasteiger charge is -2.18. The number of carbonyl (C=O) groups is 1. The van der Waals surface area contributed by atoms with Gasteiger partial charge in [-0.3, -0.25) is 15.6 Å². The van der Waals surface area contributed by atoms with Crippen LogP contribution in [0.4, 0.5) is 5.69 Å². The Labute approximate surface area is 136 Å². The van der Waals surface area contributed by atoms with Gasteiger partial charge in [-0.05, 0) is 23.3 Å². The number of anilines is 1. The molecule has 1 amide bonds. The number of hydrogen-bond donors (Lipinski definition) is 2. The Hall–Kier alpha value is -3.07. The molecule has 3 nitrogen and oxygen atoms in total. The summed E-state index contributed by atoms with van der Waals surface area (Å²) in [6, 6.07) is 29.2. The van der Waals surface area contributed by atoms with Gasteiger partial charge >= 0.3 is 0 Å². The molecule has 3 aromatic rings. The van der Waals surface area contributed by atoms with Gasteiger partial charge in [0.1, 0.15) is 0 Å². The van der Waals surface area contributed by atoms with Crippen LogP contribution in [0.1, 0.15) is 17.0 Å². The molecule has 3 heteroatoms. The second kappa shape index (κ2) is 7.27. The van der Waals surface area contributed by atoms with Gasteiger partial charge in [-0.25, -0.2) is 0 Å². The lowest BCUT2D eigenvalue weighted by molar-refractivity contribution is -0.121. The summed E-state index contributed by atoms with van der Waals surface area (Å²) >= 11 is 0. The molecule has 0 aromatic heterocycles. The summed E-state index contributed by atoms with van der Waals surface area (Å²) in [5, 5.41) is 0. The fraction of sp³-hybridized carbons (Fsp3) is 0.0500. The number of hydrazine groups is 1. The first kappa shape index (κ1) is 14.9. The Morgan fingerprint density at radius 3 is 1.57 bits per heavy atom. The molecule has 0 saturated heterocycles. The number of rotatable bonds is 5. The van der Waals surface area contributed by atoms with Gasteiger partial charge in [0.05, 0.1) is 11.6 Å². The normalized spacial score (nSPS) is 10.3. The Bertz CT molecular complexity index is 703. The van der Waals surface area contributed by atoms with Crippen molar-refractivity contribution in [2.75, 3.05) is 5.43 Å². The van der Waals surface area contributed by atoms with Crippen molar-refractivity contribution in [3.05, 3.63) is 102 Å². The van der Waals surface area contributed by atoms with Crippen LogP contribution in [-0.4, -0.2) is 5.91 Å². The molecule has 114 valence electrons. The third-order valence-corrected chi connectivity index (χ3v) is 3.63. The number of nitrogens with one attached hydrogen (secondary N) is 2. The minimum absolute atomic E-state index is 0.0914. The van der Waals surface area contributed by atoms with Gasteiger partial charge in [-0.1, -0.05) is 78.9 Å². The van der Waals surface area contributed by atoms with Gasteiger partial charge in [0, 0.05) is 0 Å². The maximum absolute atomic E-state index is 12.7. The summed E-state index contributed by atoms with van der Waals surface area (Å²) in [4.78, 5) is 12.7. The third kappa shape index (κ3) is 3.77. The maximum Gasteiger partial charge on any atom is 0.250 e. The minimum Gasteiger partial charge on any atom is -0.299 e. The number of para-hydroxylation sites is 1. The Balaban J connectivity index is 1.82. The summed E-state index contributed by atoms with van der Waals surface area (Å²) in [5.74, 6) is -0.445. The topological polar surface area (TPSA) is 41.1 Å². The first-order valence-electron chi connectivity index (χ1n) is 7.55. The summed E-state index contributed by atoms with van der Waals surface area (Å²) < 4.78 is 0. The number of carbonyl (C=O) groups excluding carboxylic acids is 1. The highest BCUT2D eigenvalue weighted by molar-refractivity contribution is 5.88. The van der Waals surface area contributed by atoms with Crippen LogP contribution in [0, 0.1) is 0 Å². The zero-order valence-electron chi connectivity index (χ0n) is 12.6. The van der Waals surface area contributed by atoms with Crippen molar-refractivity contribution < 1.29 is 4.79 Å². The van der Waals surface area contributed by atoms with Crippen LogP contribution in [0.3, 0.4) is 0 Å². The molecule has 2 N–H and O–H groups in total. The molecular formula is C20H18N2O. The van der Waals surface area contributed by atoms with Crippen LogP contribution < -0.4 is 10.9 Å². The van der Waals surface area contributed by atoms with Crippen LogP contribution in [0.15, 0.2) is 91.0 Å². The average molecular weight is 302 g/mol. The zero-order chi connectivity index (χ0) is 15.9. The molecule has 0 aliphatic carbocycles. The minimum atomic E-state index is -0.353. The lowest BCUT2D eigenvalue weighted by atomic mass is 9.91. The molecule has 3 rings (SSSR count). The molecule has 0 spiro atoms. The Morgan fingerprint density at radius 1 is 0.652 bits per heavy atom. The van der Waals surface area contributed by atoms with E-state index in [0.717, 1.165) is 16.8 Å². The van der Waals surface area contributed by atoms with E-state index in [1.807, 2.05) is 91.0 Å². The molecule has 0 aliphatic heterocycles. The predicted octanol–water partition coefficient (Wildman–Crippen LogP) is 3.96. The van der Waals surface area contributed by atoms with E-state index >= 15 is 0 Å². The Morgan fingerprint density at radius 2 is 1.09 bits per heavy atom. The molecular weight excluding hydrogens is 284 g/mol. The lowest BCUT2D eigenvalue weighted by Crippen LogP contribution is -2.34. The van der Waals surface area contributed by atoms with Crippen LogP contribution >= 0.6 is 0 Å². The monoisotopic (exact) mass is 302 g/mol. The van der Waals surface area contributed by atoms with Gasteiger partial charge in [0.25, 0.3) is 0 Å². The molecule has 23 heavy (non-hydrogen) atoms. The van der Waals surface area contributed by atoms with Gasteiger partial charge in [-0.15, -0.1) is 0 Å². The third-order valence-electron chi connectivity index (χ3n) is 3.63. The summed E-state index contributed by atoms with van der Waals surface area (Å²) in [7, 11) is 0. The highest BCUT2D eigenvalue weighted by atomic mass is 16.2. The molecule has 0 atom stereocenters. The predicted molar refractivity (Wildman–Crippen MR) is 92.9 cm³/mol. The van der Waals surface area contributed by atoms with E-state index in [2.05, 4.69) is 10.9 Å². The fourth-order valence-corrected chi connectivity index (χ4v) is 2.51. The van der Waals surface area contributed by atoms with E-state index in [0.29, 0.717) is 0 Å². The molecule has 0 aliphatic rings. The van der Waals surface area contributed by atoms with Gasteiger partial charge in [-0.2, -0.15) is 0 Å². The van der Waals surface area contributed by atoms with Crippen LogP contribution in [-0.2, 0) is 4.79 Å². The van der Waals surface area contributed by atoms with Crippen molar-refractivity contribution in [3.8, 4) is 0 Å². The SMILES string of the molecule is O=C(NNc1ccccc1)C(c1ccccc1)c1ccccc1. The first-order chi connectivity index (χ1) is 11.3. The van der Waals surface area contributed by atoms with Gasteiger partial charge < -0.3 is 0 Å². The van der Waals surface area contributed by atoms with E-state index in [4.69, 9.17) is 0 Å². The van der Waals surface area contributed by atoms with E-state index in [1.165, 1.54) is 0 Å². The standard InChI is InChI=1S/C20H18N2O/c23-20(22-21-18-14-8-3-9-15-18)19(16-10-4-1-5-11-16)17-12-6-2-7-13-17/h1-15,19,21H,(H,22,23). The van der Waals surface area contributed by atoms with Crippen molar-refractivity contribution in [3.63, 3.8) is 0 Å². The van der Waals surface area contributed by atoms with E-state index in [1.54, 1.807) is 0 Å². The van der Waals surface area contributed by atoms with Crippen LogP contribution in [0.25, 0.3) is 0 Å². The molecule has 0 unspecified atom stereocenters. The largest absolute Gasteiger partial charge is 0.299 e. The molecule has 0 heterocycles. The summed E-state index contributed by atoms with van der Waals surface area (Å²) in [6.45, 7) is 0. The van der Waals surface area contributed by atoms with Crippen molar-refractivity contribution in [1.29, 1.82) is 0 Å². The second-order valence-corrected chi connectivity index (χ2v) is 5.23. The van der Waals surface area contributed by atoms with E-state index in [-0.39, 0.29) is 11.8 Å². The Kier molecular flexibility index (Phi) is 4.69. The number of amides is 1. The quantitative estimate of drug-likeness (QED) is 0.700. The van der Waals surface area contributed by atoms with Crippen molar-refractivity contribution in [2.45, 2.75) is 5.92 Å². The second-order valence-electron chi connectivity index (χ2n) is 5.23. The zero-order valence-corrected chi connectivity index (χ0v) is 12.6. The van der Waals surface area contributed by atoms with Gasteiger partial charge in [0.15, 0.2) is 0 Å². The molecule has 0 bridgehead atoms. The highest BCUT2D eigenvalue weighted by Gasteiger charge is 2.22. The summed E-state index contributed by atoms with van der Waals surface area (Å²) in [6.07, 6.45) is 0. The van der Waals surface area contributed by atoms with Gasteiger partial charge in [0.2, 0.25) is 5.91 Å². The van der Waals surface area contributed by atoms with Crippen LogP contribution in [0.2, 0.25) is 0 Å². The smallest absolute Gasteiger partial charge is 0.250 e. The van der Waals surface area contributed by atoms with Crippen molar-refractivity contribution in [2.24, 2.45) is 0 Å². The van der Waals surface area contributed by atoms with Crippen molar-refractivity contribution in [1.82, 2.24) is 5.43 Å². The van der Waals surface area contributed by atoms with E-state index < -0.39 is 0 Å². The molecule has 0 fully saturated rings. The van der Waals surface area contributed by atoms with E-state index in [9.17, 15) is 4.79 Å². The summed E-state index contributed by atoms with van der Waals surface area (Å²) in [5.41, 5.74) is 8.55. The molecule has 3 aromatic carbocycles.